The van der Waals surface area contributed by atoms with E-state index in [9.17, 15) is 4.79 Å². The lowest BCUT2D eigenvalue weighted by molar-refractivity contribution is -0.108. The summed E-state index contributed by atoms with van der Waals surface area (Å²) < 4.78 is 0. The molecule has 0 atom stereocenters. The molecular weight excluding hydrogens is 188 g/mol. The molecule has 2 N–H and O–H groups in total. The lowest BCUT2D eigenvalue weighted by atomic mass is 10.2. The number of halogens is 1. The minimum atomic E-state index is -0.400. The number of carbonyl (C=O) groups is 1. The van der Waals surface area contributed by atoms with E-state index in [1.807, 2.05) is 26.0 Å². The van der Waals surface area contributed by atoms with Crippen LogP contribution in [0.25, 0.3) is 0 Å². The van der Waals surface area contributed by atoms with E-state index >= 15 is 0 Å². The second-order valence-corrected chi connectivity index (χ2v) is 3.42. The predicted octanol–water partition coefficient (Wildman–Crippen LogP) is 1.22. The van der Waals surface area contributed by atoms with Gasteiger partial charge < -0.3 is 10.6 Å². The molecule has 0 heterocycles. The van der Waals surface area contributed by atoms with Crippen molar-refractivity contribution in [2.45, 2.75) is 13.3 Å². The average Bonchev–Trinajstić information content (AvgIpc) is 1.98. The zero-order chi connectivity index (χ0) is 10.9. The highest BCUT2D eigenvalue weighted by molar-refractivity contribution is 6.67. The summed E-state index contributed by atoms with van der Waals surface area (Å²) in [6.07, 6.45) is 2.44. The summed E-state index contributed by atoms with van der Waals surface area (Å²) in [5, 5.41) is -0.400. The third-order valence-corrected chi connectivity index (χ3v) is 1.23. The molecule has 0 aromatic rings. The average molecular weight is 207 g/mol. The molecule has 0 aliphatic heterocycles. The molecule has 0 aliphatic rings. The van der Waals surface area contributed by atoms with E-state index in [1.165, 1.54) is 0 Å². The van der Waals surface area contributed by atoms with Gasteiger partial charge in [-0.15, -0.1) is 0 Å². The van der Waals surface area contributed by atoms with Crippen LogP contribution in [0.2, 0.25) is 0 Å². The zero-order valence-corrected chi connectivity index (χ0v) is 9.56. The predicted molar refractivity (Wildman–Crippen MR) is 57.9 cm³/mol. The molecule has 0 rings (SSSR count). The van der Waals surface area contributed by atoms with E-state index in [4.69, 9.17) is 17.3 Å². The number of hydrogen-bond acceptors (Lipinski definition) is 3. The first-order valence-corrected chi connectivity index (χ1v) is 4.47. The van der Waals surface area contributed by atoms with E-state index in [0.717, 1.165) is 0 Å². The van der Waals surface area contributed by atoms with Gasteiger partial charge in [0.1, 0.15) is 0 Å². The van der Waals surface area contributed by atoms with Gasteiger partial charge in [-0.1, -0.05) is 6.08 Å². The van der Waals surface area contributed by atoms with Crippen molar-refractivity contribution in [3.8, 4) is 0 Å². The van der Waals surface area contributed by atoms with E-state index in [0.29, 0.717) is 18.5 Å². The minimum Gasteiger partial charge on any atom is -0.330 e. The second-order valence-electron chi connectivity index (χ2n) is 3.08. The molecule has 0 aromatic carbocycles. The number of carbonyl (C=O) groups excluding carboxylic acids is 1. The molecule has 3 nitrogen and oxygen atoms in total. The summed E-state index contributed by atoms with van der Waals surface area (Å²) in [7, 11) is 6.00. The Morgan fingerprint density at radius 2 is 1.85 bits per heavy atom. The first-order chi connectivity index (χ1) is 5.91. The van der Waals surface area contributed by atoms with Crippen molar-refractivity contribution >= 4 is 16.8 Å². The fraction of sp³-hybridized carbons (Fsp3) is 0.667. The standard InChI is InChI=1S/C6H10ClNO.C3H9N/c1-5(6(7)9)3-2-4-8;1-4(2)3/h3H,2,4,8H2,1H3;1-3H3. The van der Waals surface area contributed by atoms with Crippen LogP contribution >= 0.6 is 11.6 Å². The lowest BCUT2D eigenvalue weighted by Crippen LogP contribution is -1.99. The summed E-state index contributed by atoms with van der Waals surface area (Å²) in [6, 6.07) is 0. The number of rotatable bonds is 3. The molecule has 0 aromatic heterocycles. The van der Waals surface area contributed by atoms with E-state index < -0.39 is 5.24 Å². The number of hydrogen-bond donors (Lipinski definition) is 1. The van der Waals surface area contributed by atoms with Crippen molar-refractivity contribution in [1.29, 1.82) is 0 Å². The topological polar surface area (TPSA) is 46.3 Å². The maximum absolute atomic E-state index is 10.3. The normalized spacial score (nSPS) is 10.8. The molecule has 4 heteroatoms. The van der Waals surface area contributed by atoms with Crippen LogP contribution < -0.4 is 5.73 Å². The van der Waals surface area contributed by atoms with Crippen LogP contribution in [-0.2, 0) is 4.79 Å². The number of nitrogens with zero attached hydrogens (tertiary/aromatic N) is 1. The Bertz CT molecular complexity index is 164. The van der Waals surface area contributed by atoms with E-state index in [-0.39, 0.29) is 0 Å². The van der Waals surface area contributed by atoms with E-state index in [1.54, 1.807) is 13.0 Å². The van der Waals surface area contributed by atoms with Crippen LogP contribution in [0.1, 0.15) is 13.3 Å². The van der Waals surface area contributed by atoms with Gasteiger partial charge in [-0.2, -0.15) is 0 Å². The SMILES string of the molecule is CC(=CCCN)C(=O)Cl.CN(C)C. The monoisotopic (exact) mass is 206 g/mol. The molecule has 0 aliphatic carbocycles. The van der Waals surface area contributed by atoms with Gasteiger partial charge in [-0.25, -0.2) is 0 Å². The van der Waals surface area contributed by atoms with Crippen molar-refractivity contribution in [3.63, 3.8) is 0 Å². The van der Waals surface area contributed by atoms with E-state index in [2.05, 4.69) is 0 Å². The molecule has 0 bridgehead atoms. The van der Waals surface area contributed by atoms with Crippen molar-refractivity contribution in [3.05, 3.63) is 11.6 Å². The van der Waals surface area contributed by atoms with Gasteiger partial charge in [0, 0.05) is 5.57 Å². The Morgan fingerprint density at radius 1 is 1.46 bits per heavy atom. The Hall–Kier alpha value is -0.380. The van der Waals surface area contributed by atoms with Crippen molar-refractivity contribution in [1.82, 2.24) is 4.90 Å². The van der Waals surface area contributed by atoms with Crippen LogP contribution in [0.15, 0.2) is 11.6 Å². The van der Waals surface area contributed by atoms with Gasteiger partial charge >= 0.3 is 0 Å². The molecule has 0 amide bonds. The summed E-state index contributed by atoms with van der Waals surface area (Å²) >= 11 is 5.12. The first kappa shape index (κ1) is 15.1. The minimum absolute atomic E-state index is 0.400. The maximum Gasteiger partial charge on any atom is 0.247 e. The highest BCUT2D eigenvalue weighted by Gasteiger charge is 1.95. The third-order valence-electron chi connectivity index (χ3n) is 0.927. The van der Waals surface area contributed by atoms with Gasteiger partial charge in [0.25, 0.3) is 0 Å². The molecule has 0 radical (unpaired) electrons. The summed E-state index contributed by atoms with van der Waals surface area (Å²) in [5.74, 6) is 0. The highest BCUT2D eigenvalue weighted by atomic mass is 35.5. The third kappa shape index (κ3) is 18.5. The van der Waals surface area contributed by atoms with Gasteiger partial charge in [-0.3, -0.25) is 4.79 Å². The molecule has 13 heavy (non-hydrogen) atoms. The van der Waals surface area contributed by atoms with Gasteiger partial charge in [-0.05, 0) is 52.6 Å². The molecule has 0 fully saturated rings. The molecule has 78 valence electrons. The summed E-state index contributed by atoms with van der Waals surface area (Å²) in [5.41, 5.74) is 5.75. The maximum atomic E-state index is 10.3. The molecule has 0 saturated carbocycles. The van der Waals surface area contributed by atoms with Crippen LogP contribution in [-0.4, -0.2) is 37.8 Å². The lowest BCUT2D eigenvalue weighted by Gasteiger charge is -1.90. The second kappa shape index (κ2) is 9.71. The van der Waals surface area contributed by atoms with Crippen molar-refractivity contribution < 1.29 is 4.79 Å². The Kier molecular flexibility index (Phi) is 11.3. The highest BCUT2D eigenvalue weighted by Crippen LogP contribution is 1.98. The molecule has 0 spiro atoms. The summed E-state index contributed by atoms with van der Waals surface area (Å²) in [4.78, 5) is 12.3. The Balaban J connectivity index is 0. The van der Waals surface area contributed by atoms with Crippen molar-refractivity contribution in [2.24, 2.45) is 5.73 Å². The fourth-order valence-electron chi connectivity index (χ4n) is 0.380. The molecular formula is C9H19ClN2O. The van der Waals surface area contributed by atoms with Crippen LogP contribution in [0.5, 0.6) is 0 Å². The number of allylic oxidation sites excluding steroid dienone is 1. The molecule has 0 unspecified atom stereocenters. The first-order valence-electron chi connectivity index (χ1n) is 4.09. The van der Waals surface area contributed by atoms with Crippen molar-refractivity contribution in [2.75, 3.05) is 27.7 Å². The quantitative estimate of drug-likeness (QED) is 0.558. The van der Waals surface area contributed by atoms with Gasteiger partial charge in [0.15, 0.2) is 0 Å². The van der Waals surface area contributed by atoms with Crippen LogP contribution in [0.3, 0.4) is 0 Å². The molecule has 0 saturated heterocycles. The van der Waals surface area contributed by atoms with Gasteiger partial charge in [0.05, 0.1) is 0 Å². The number of nitrogens with two attached hydrogens (primary N) is 1. The van der Waals surface area contributed by atoms with Gasteiger partial charge in [0.2, 0.25) is 5.24 Å². The smallest absolute Gasteiger partial charge is 0.247 e. The fourth-order valence-corrected chi connectivity index (χ4v) is 0.457. The van der Waals surface area contributed by atoms with Crippen LogP contribution in [0, 0.1) is 0 Å². The largest absolute Gasteiger partial charge is 0.330 e. The van der Waals surface area contributed by atoms with Crippen LogP contribution in [0.4, 0.5) is 0 Å². The Morgan fingerprint density at radius 3 is 2.08 bits per heavy atom. The summed E-state index contributed by atoms with van der Waals surface area (Å²) in [6.45, 7) is 2.23. The zero-order valence-electron chi connectivity index (χ0n) is 8.80. The Labute approximate surface area is 85.5 Å².